The summed E-state index contributed by atoms with van der Waals surface area (Å²) >= 11 is 1.50. The zero-order valence-electron chi connectivity index (χ0n) is 16.3. The van der Waals surface area contributed by atoms with E-state index in [0.29, 0.717) is 25.3 Å². The fourth-order valence-corrected chi connectivity index (χ4v) is 3.65. The first-order valence-corrected chi connectivity index (χ1v) is 10.3. The van der Waals surface area contributed by atoms with Gasteiger partial charge in [-0.25, -0.2) is 0 Å². The molecule has 0 spiro atoms. The maximum atomic E-state index is 13.0. The molecule has 144 valence electrons. The number of hydrogen-bond donors (Lipinski definition) is 1. The van der Waals surface area contributed by atoms with Gasteiger partial charge in [0.25, 0.3) is 0 Å². The Labute approximate surface area is 166 Å². The summed E-state index contributed by atoms with van der Waals surface area (Å²) in [5.74, 6) is 0.193. The first kappa shape index (κ1) is 21.0. The van der Waals surface area contributed by atoms with Crippen molar-refractivity contribution >= 4 is 23.6 Å². The molecule has 5 heteroatoms. The number of rotatable bonds is 9. The summed E-state index contributed by atoms with van der Waals surface area (Å²) in [7, 11) is 0. The Hall–Kier alpha value is -2.27. The van der Waals surface area contributed by atoms with Crippen LogP contribution in [0.25, 0.3) is 0 Å². The number of nitrogens with one attached hydrogen (secondary N) is 1. The molecule has 0 fully saturated rings. The summed E-state index contributed by atoms with van der Waals surface area (Å²) in [6.45, 7) is 6.86. The lowest BCUT2D eigenvalue weighted by Crippen LogP contribution is -2.49. The van der Waals surface area contributed by atoms with Gasteiger partial charge in [0, 0.05) is 18.0 Å². The summed E-state index contributed by atoms with van der Waals surface area (Å²) in [5, 5.41) is 2.86. The van der Waals surface area contributed by atoms with Gasteiger partial charge in [0.05, 0.1) is 5.75 Å². The third-order valence-electron chi connectivity index (χ3n) is 4.32. The molecule has 0 radical (unpaired) electrons. The number of thioether (sulfide) groups is 1. The minimum absolute atomic E-state index is 0.0254. The van der Waals surface area contributed by atoms with Crippen molar-refractivity contribution in [2.45, 2.75) is 44.7 Å². The van der Waals surface area contributed by atoms with Gasteiger partial charge in [-0.1, -0.05) is 55.0 Å². The average Bonchev–Trinajstić information content (AvgIpc) is 2.68. The summed E-state index contributed by atoms with van der Waals surface area (Å²) in [6.07, 6.45) is 0.583. The monoisotopic (exact) mass is 384 g/mol. The van der Waals surface area contributed by atoms with Crippen molar-refractivity contribution in [3.63, 3.8) is 0 Å². The first-order chi connectivity index (χ1) is 13.0. The molecule has 0 aliphatic carbocycles. The van der Waals surface area contributed by atoms with Crippen LogP contribution in [0.15, 0.2) is 59.5 Å². The molecule has 1 atom stereocenters. The molecule has 2 rings (SSSR count). The molecule has 27 heavy (non-hydrogen) atoms. The molecule has 2 aromatic rings. The molecule has 2 amide bonds. The number of benzene rings is 2. The van der Waals surface area contributed by atoms with Crippen molar-refractivity contribution in [3.8, 4) is 0 Å². The highest BCUT2D eigenvalue weighted by Gasteiger charge is 2.28. The molecule has 0 saturated heterocycles. The van der Waals surface area contributed by atoms with Gasteiger partial charge in [0.2, 0.25) is 11.8 Å². The van der Waals surface area contributed by atoms with E-state index in [2.05, 4.69) is 5.32 Å². The van der Waals surface area contributed by atoms with E-state index in [1.165, 1.54) is 17.3 Å². The van der Waals surface area contributed by atoms with Crippen LogP contribution in [0.3, 0.4) is 0 Å². The van der Waals surface area contributed by atoms with Crippen molar-refractivity contribution in [1.29, 1.82) is 0 Å². The standard InChI is InChI=1S/C22H28N2O2S/c1-4-20(22(26)23-5-2)24(15-18-13-11-17(3)12-14-18)21(25)16-27-19-9-7-6-8-10-19/h6-14,20H,4-5,15-16H2,1-3H3,(H,23,26). The number of likely N-dealkylation sites (N-methyl/N-ethyl adjacent to an activating group) is 1. The molecule has 0 bridgehead atoms. The van der Waals surface area contributed by atoms with Crippen molar-refractivity contribution in [2.24, 2.45) is 0 Å². The van der Waals surface area contributed by atoms with E-state index >= 15 is 0 Å². The Balaban J connectivity index is 2.17. The number of aryl methyl sites for hydroxylation is 1. The van der Waals surface area contributed by atoms with Crippen LogP contribution in [0.1, 0.15) is 31.4 Å². The van der Waals surface area contributed by atoms with Crippen LogP contribution in [0.2, 0.25) is 0 Å². The quantitative estimate of drug-likeness (QED) is 0.664. The van der Waals surface area contributed by atoms with Gasteiger partial charge in [-0.15, -0.1) is 11.8 Å². The number of carbonyl (C=O) groups excluding carboxylic acids is 2. The highest BCUT2D eigenvalue weighted by atomic mass is 32.2. The van der Waals surface area contributed by atoms with E-state index < -0.39 is 6.04 Å². The highest BCUT2D eigenvalue weighted by Crippen LogP contribution is 2.20. The molecule has 1 unspecified atom stereocenters. The molecule has 0 heterocycles. The normalized spacial score (nSPS) is 11.7. The Bertz CT molecular complexity index is 732. The van der Waals surface area contributed by atoms with E-state index in [1.807, 2.05) is 75.4 Å². The molecule has 0 saturated carbocycles. The fraction of sp³-hybridized carbons (Fsp3) is 0.364. The highest BCUT2D eigenvalue weighted by molar-refractivity contribution is 8.00. The van der Waals surface area contributed by atoms with E-state index in [0.717, 1.165) is 10.5 Å². The van der Waals surface area contributed by atoms with Crippen LogP contribution in [0, 0.1) is 6.92 Å². The van der Waals surface area contributed by atoms with Gasteiger partial charge in [0.1, 0.15) is 6.04 Å². The summed E-state index contributed by atoms with van der Waals surface area (Å²) in [4.78, 5) is 28.3. The third-order valence-corrected chi connectivity index (χ3v) is 5.31. The minimum Gasteiger partial charge on any atom is -0.355 e. The maximum absolute atomic E-state index is 13.0. The molecular weight excluding hydrogens is 356 g/mol. The van der Waals surface area contributed by atoms with Crippen LogP contribution < -0.4 is 5.32 Å². The zero-order chi connectivity index (χ0) is 19.6. The number of carbonyl (C=O) groups is 2. The van der Waals surface area contributed by atoms with E-state index in [-0.39, 0.29) is 11.8 Å². The van der Waals surface area contributed by atoms with Crippen molar-refractivity contribution < 1.29 is 9.59 Å². The third kappa shape index (κ3) is 6.43. The summed E-state index contributed by atoms with van der Waals surface area (Å²) in [6, 6.07) is 17.5. The minimum atomic E-state index is -0.463. The summed E-state index contributed by atoms with van der Waals surface area (Å²) in [5.41, 5.74) is 2.20. The fourth-order valence-electron chi connectivity index (χ4n) is 2.85. The van der Waals surface area contributed by atoms with Gasteiger partial charge in [-0.3, -0.25) is 9.59 Å². The van der Waals surface area contributed by atoms with Crippen molar-refractivity contribution in [1.82, 2.24) is 10.2 Å². The number of amides is 2. The SMILES string of the molecule is CCNC(=O)C(CC)N(Cc1ccc(C)cc1)C(=O)CSc1ccccc1. The van der Waals surface area contributed by atoms with Crippen molar-refractivity contribution in [3.05, 3.63) is 65.7 Å². The predicted molar refractivity (Wildman–Crippen MR) is 112 cm³/mol. The van der Waals surface area contributed by atoms with Gasteiger partial charge in [0.15, 0.2) is 0 Å². The van der Waals surface area contributed by atoms with E-state index in [4.69, 9.17) is 0 Å². The van der Waals surface area contributed by atoms with Crippen molar-refractivity contribution in [2.75, 3.05) is 12.3 Å². The Morgan fingerprint density at radius 3 is 2.30 bits per heavy atom. The molecule has 4 nitrogen and oxygen atoms in total. The first-order valence-electron chi connectivity index (χ1n) is 9.35. The second-order valence-corrected chi connectivity index (χ2v) is 7.48. The largest absolute Gasteiger partial charge is 0.355 e. The molecule has 0 aromatic heterocycles. The second-order valence-electron chi connectivity index (χ2n) is 6.43. The average molecular weight is 385 g/mol. The second kappa shape index (κ2) is 10.8. The van der Waals surface area contributed by atoms with Gasteiger partial charge in [-0.2, -0.15) is 0 Å². The number of hydrogen-bond acceptors (Lipinski definition) is 3. The smallest absolute Gasteiger partial charge is 0.242 e. The molecule has 1 N–H and O–H groups in total. The van der Waals surface area contributed by atoms with E-state index in [1.54, 1.807) is 4.90 Å². The van der Waals surface area contributed by atoms with E-state index in [9.17, 15) is 9.59 Å². The van der Waals surface area contributed by atoms with Gasteiger partial charge in [-0.05, 0) is 38.0 Å². The molecule has 2 aromatic carbocycles. The van der Waals surface area contributed by atoms with Crippen LogP contribution in [0.4, 0.5) is 0 Å². The van der Waals surface area contributed by atoms with Crippen LogP contribution in [-0.2, 0) is 16.1 Å². The lowest BCUT2D eigenvalue weighted by atomic mass is 10.1. The lowest BCUT2D eigenvalue weighted by Gasteiger charge is -2.30. The topological polar surface area (TPSA) is 49.4 Å². The number of nitrogens with zero attached hydrogens (tertiary/aromatic N) is 1. The molecule has 0 aliphatic rings. The Morgan fingerprint density at radius 1 is 1.04 bits per heavy atom. The molecular formula is C22H28N2O2S. The Morgan fingerprint density at radius 2 is 1.70 bits per heavy atom. The van der Waals surface area contributed by atoms with Gasteiger partial charge >= 0.3 is 0 Å². The molecule has 0 aliphatic heterocycles. The van der Waals surface area contributed by atoms with Gasteiger partial charge < -0.3 is 10.2 Å². The maximum Gasteiger partial charge on any atom is 0.242 e. The lowest BCUT2D eigenvalue weighted by molar-refractivity contribution is -0.139. The van der Waals surface area contributed by atoms with Crippen LogP contribution in [-0.4, -0.2) is 35.1 Å². The van der Waals surface area contributed by atoms with Crippen LogP contribution in [0.5, 0.6) is 0 Å². The Kier molecular flexibility index (Phi) is 8.40. The zero-order valence-corrected chi connectivity index (χ0v) is 17.1. The summed E-state index contributed by atoms with van der Waals surface area (Å²) < 4.78 is 0. The predicted octanol–water partition coefficient (Wildman–Crippen LogP) is 4.03. The van der Waals surface area contributed by atoms with Crippen LogP contribution >= 0.6 is 11.8 Å².